The van der Waals surface area contributed by atoms with Crippen LogP contribution >= 0.6 is 23.2 Å². The summed E-state index contributed by atoms with van der Waals surface area (Å²) in [6.45, 7) is 0.419. The number of aromatic nitrogens is 1. The summed E-state index contributed by atoms with van der Waals surface area (Å²) in [6, 6.07) is 3.22. The van der Waals surface area contributed by atoms with Gasteiger partial charge in [0, 0.05) is 24.2 Å². The zero-order valence-corrected chi connectivity index (χ0v) is 17.5. The highest BCUT2D eigenvalue weighted by Gasteiger charge is 2.28. The van der Waals surface area contributed by atoms with Gasteiger partial charge >= 0.3 is 6.03 Å². The van der Waals surface area contributed by atoms with E-state index in [0.717, 1.165) is 24.6 Å². The third-order valence-corrected chi connectivity index (χ3v) is 5.47. The molecule has 2 amide bonds. The zero-order valence-electron chi connectivity index (χ0n) is 16.0. The maximum Gasteiger partial charge on any atom is 0.315 e. The molecule has 10 heteroatoms. The monoisotopic (exact) mass is 456 g/mol. The second kappa shape index (κ2) is 9.68. The number of carbonyl (C=O) groups excluding carboxylic acids is 2. The molecule has 1 saturated carbocycles. The van der Waals surface area contributed by atoms with E-state index in [1.54, 1.807) is 19.3 Å². The predicted octanol–water partition coefficient (Wildman–Crippen LogP) is 3.72. The van der Waals surface area contributed by atoms with Crippen LogP contribution in [0.2, 0.25) is 10.0 Å². The minimum atomic E-state index is -0.780. The number of urea groups is 1. The van der Waals surface area contributed by atoms with Gasteiger partial charge < -0.3 is 20.7 Å². The summed E-state index contributed by atoms with van der Waals surface area (Å²) < 4.78 is 27.6. The van der Waals surface area contributed by atoms with Gasteiger partial charge in [-0.05, 0) is 37.6 Å². The van der Waals surface area contributed by atoms with E-state index in [1.165, 1.54) is 6.07 Å². The van der Waals surface area contributed by atoms with Crippen molar-refractivity contribution < 1.29 is 18.4 Å². The van der Waals surface area contributed by atoms with Crippen LogP contribution < -0.4 is 16.0 Å². The van der Waals surface area contributed by atoms with Crippen LogP contribution in [0.1, 0.15) is 41.6 Å². The number of nitrogens with one attached hydrogen (secondary N) is 3. The maximum atomic E-state index is 14.2. The first-order valence-electron chi connectivity index (χ1n) is 9.31. The number of aldehydes is 1. The quantitative estimate of drug-likeness (QED) is 0.472. The van der Waals surface area contributed by atoms with Crippen molar-refractivity contribution >= 4 is 35.5 Å². The number of nitrogens with zero attached hydrogens (tertiary/aromatic N) is 1. The third-order valence-electron chi connectivity index (χ3n) is 4.82. The number of hydrogen-bond acceptors (Lipinski definition) is 4. The van der Waals surface area contributed by atoms with Gasteiger partial charge in [-0.15, -0.1) is 0 Å². The minimum Gasteiger partial charge on any atom is -0.336 e. The van der Waals surface area contributed by atoms with Crippen molar-refractivity contribution in [2.75, 3.05) is 13.6 Å². The lowest BCUT2D eigenvalue weighted by Gasteiger charge is -2.19. The molecule has 0 radical (unpaired) electrons. The Hall–Kier alpha value is -2.29. The molecule has 1 saturated heterocycles. The number of amides is 2. The molecule has 2 fully saturated rings. The van der Waals surface area contributed by atoms with E-state index in [1.807, 2.05) is 0 Å². The lowest BCUT2D eigenvalue weighted by Crippen LogP contribution is -2.27. The van der Waals surface area contributed by atoms with Crippen molar-refractivity contribution in [2.24, 2.45) is 0 Å². The molecule has 2 aromatic rings. The van der Waals surface area contributed by atoms with Gasteiger partial charge in [0.2, 0.25) is 0 Å². The number of pyridine rings is 1. The number of hydrogen-bond donors (Lipinski definition) is 3. The summed E-state index contributed by atoms with van der Waals surface area (Å²) in [6.07, 6.45) is 4.59. The lowest BCUT2D eigenvalue weighted by atomic mass is 9.99. The van der Waals surface area contributed by atoms with Crippen molar-refractivity contribution in [2.45, 2.75) is 30.8 Å². The Kier molecular flexibility index (Phi) is 7.23. The van der Waals surface area contributed by atoms with E-state index in [0.29, 0.717) is 29.3 Å². The predicted molar refractivity (Wildman–Crippen MR) is 110 cm³/mol. The van der Waals surface area contributed by atoms with Crippen LogP contribution in [0.3, 0.4) is 0 Å². The highest BCUT2D eigenvalue weighted by Crippen LogP contribution is 2.42. The normalized spacial score (nSPS) is 18.7. The fourth-order valence-electron chi connectivity index (χ4n) is 3.10. The van der Waals surface area contributed by atoms with Crippen molar-refractivity contribution in [3.05, 3.63) is 62.9 Å². The first-order chi connectivity index (χ1) is 14.3. The van der Waals surface area contributed by atoms with Crippen molar-refractivity contribution in [1.29, 1.82) is 0 Å². The highest BCUT2D eigenvalue weighted by atomic mass is 35.5. The molecule has 3 N–H and O–H groups in total. The van der Waals surface area contributed by atoms with Gasteiger partial charge in [0.05, 0.1) is 16.8 Å². The maximum absolute atomic E-state index is 14.2. The Morgan fingerprint density at radius 2 is 2.03 bits per heavy atom. The Morgan fingerprint density at radius 1 is 1.30 bits per heavy atom. The Balaban J connectivity index is 0.000000269. The molecule has 30 heavy (non-hydrogen) atoms. The van der Waals surface area contributed by atoms with E-state index >= 15 is 0 Å². The molecular weight excluding hydrogens is 437 g/mol. The van der Waals surface area contributed by atoms with Gasteiger partial charge in [0.25, 0.3) is 0 Å². The molecule has 6 nitrogen and oxygen atoms in total. The molecule has 160 valence electrons. The number of halogens is 4. The first kappa shape index (κ1) is 22.4. The Bertz CT molecular complexity index is 957. The van der Waals surface area contributed by atoms with Gasteiger partial charge in [0.1, 0.15) is 29.0 Å². The lowest BCUT2D eigenvalue weighted by molar-refractivity contribution is -0.108. The average molecular weight is 457 g/mol. The number of rotatable bonds is 5. The summed E-state index contributed by atoms with van der Waals surface area (Å²) in [4.78, 5) is 24.5. The molecule has 1 aromatic heterocycles. The highest BCUT2D eigenvalue weighted by molar-refractivity contribution is 6.31. The molecule has 2 aliphatic rings. The molecule has 2 atom stereocenters. The molecule has 1 aliphatic carbocycles. The van der Waals surface area contributed by atoms with Crippen LogP contribution in [0.5, 0.6) is 0 Å². The van der Waals surface area contributed by atoms with E-state index in [9.17, 15) is 18.4 Å². The molecule has 0 bridgehead atoms. The topological polar surface area (TPSA) is 83.1 Å². The van der Waals surface area contributed by atoms with Gasteiger partial charge in [-0.25, -0.2) is 13.6 Å². The van der Waals surface area contributed by atoms with Gasteiger partial charge in [-0.2, -0.15) is 0 Å². The summed E-state index contributed by atoms with van der Waals surface area (Å²) in [5.41, 5.74) is 1.85. The SMILES string of the molecule is CNC(c1cnc(C2CC2)c(Cl)c1)c1ccc(F)c(Cl)c1F.O=CC1CNC(=O)N1. The van der Waals surface area contributed by atoms with Crippen molar-refractivity contribution in [3.63, 3.8) is 0 Å². The summed E-state index contributed by atoms with van der Waals surface area (Å²) in [7, 11) is 1.68. The molecular formula is C20H20Cl2F2N4O2. The Morgan fingerprint density at radius 3 is 2.53 bits per heavy atom. The van der Waals surface area contributed by atoms with E-state index in [4.69, 9.17) is 23.2 Å². The third kappa shape index (κ3) is 5.06. The van der Waals surface area contributed by atoms with Crippen LogP contribution in [0.25, 0.3) is 0 Å². The van der Waals surface area contributed by atoms with Gasteiger partial charge in [-0.3, -0.25) is 4.98 Å². The fraction of sp³-hybridized carbons (Fsp3) is 0.350. The molecule has 0 spiro atoms. The largest absolute Gasteiger partial charge is 0.336 e. The summed E-state index contributed by atoms with van der Waals surface area (Å²) in [5, 5.41) is 7.89. The minimum absolute atomic E-state index is 0.255. The average Bonchev–Trinajstić information content (AvgIpc) is 3.49. The van der Waals surface area contributed by atoms with Crippen LogP contribution in [0, 0.1) is 11.6 Å². The fourth-order valence-corrected chi connectivity index (χ4v) is 3.60. The second-order valence-electron chi connectivity index (χ2n) is 6.99. The molecule has 1 aromatic carbocycles. The number of benzene rings is 1. The molecule has 2 heterocycles. The molecule has 1 aliphatic heterocycles. The zero-order chi connectivity index (χ0) is 21.8. The first-order valence-corrected chi connectivity index (χ1v) is 10.1. The van der Waals surface area contributed by atoms with E-state index in [-0.39, 0.29) is 17.6 Å². The van der Waals surface area contributed by atoms with Crippen molar-refractivity contribution in [3.8, 4) is 0 Å². The standard InChI is InChI=1S/C16H14Cl2F2N2.C4H6N2O2/c1-21-15(10-4-5-12(19)13(18)14(10)20)9-6-11(17)16(22-7-9)8-2-3-8;7-2-3-1-5-4(8)6-3/h4-8,15,21H,2-3H2,1H3;2-3H,1H2,(H2,5,6,8). The number of carbonyl (C=O) groups is 2. The van der Waals surface area contributed by atoms with Crippen LogP contribution in [-0.2, 0) is 4.79 Å². The summed E-state index contributed by atoms with van der Waals surface area (Å²) >= 11 is 11.9. The van der Waals surface area contributed by atoms with E-state index < -0.39 is 22.7 Å². The second-order valence-corrected chi connectivity index (χ2v) is 7.78. The van der Waals surface area contributed by atoms with Gasteiger partial charge in [0.15, 0.2) is 0 Å². The van der Waals surface area contributed by atoms with Gasteiger partial charge in [-0.1, -0.05) is 29.3 Å². The smallest absolute Gasteiger partial charge is 0.315 e. The molecule has 4 rings (SSSR count). The molecule has 2 unspecified atom stereocenters. The Labute approximate surface area is 182 Å². The van der Waals surface area contributed by atoms with Crippen LogP contribution in [0.4, 0.5) is 13.6 Å². The van der Waals surface area contributed by atoms with E-state index in [2.05, 4.69) is 20.9 Å². The van der Waals surface area contributed by atoms with Crippen LogP contribution in [0.15, 0.2) is 24.4 Å². The summed E-state index contributed by atoms with van der Waals surface area (Å²) in [5.74, 6) is -1.12. The van der Waals surface area contributed by atoms with Crippen molar-refractivity contribution in [1.82, 2.24) is 20.9 Å². The van der Waals surface area contributed by atoms with Crippen LogP contribution in [-0.4, -0.2) is 36.9 Å².